The van der Waals surface area contributed by atoms with Gasteiger partial charge in [-0.15, -0.1) is 0 Å². The van der Waals surface area contributed by atoms with Gasteiger partial charge >= 0.3 is 0 Å². The van der Waals surface area contributed by atoms with Gasteiger partial charge in [0.2, 0.25) is 0 Å². The van der Waals surface area contributed by atoms with Gasteiger partial charge in [0.05, 0.1) is 0 Å². The Balaban J connectivity index is 1.80. The summed E-state index contributed by atoms with van der Waals surface area (Å²) in [4.78, 5) is 0. The average Bonchev–Trinajstić information content (AvgIpc) is 2.89. The predicted molar refractivity (Wildman–Crippen MR) is 79.5 cm³/mol. The quantitative estimate of drug-likeness (QED) is 0.787. The normalized spacial score (nSPS) is 17.8. The second-order valence-corrected chi connectivity index (χ2v) is 5.63. The number of benzene rings is 1. The Hall–Kier alpha value is -1.08. The van der Waals surface area contributed by atoms with Crippen molar-refractivity contribution >= 4 is 5.57 Å². The highest BCUT2D eigenvalue weighted by molar-refractivity contribution is 5.64. The molecule has 0 heterocycles. The van der Waals surface area contributed by atoms with Crippen molar-refractivity contribution in [2.24, 2.45) is 5.41 Å². The predicted octanol–water partition coefficient (Wildman–Crippen LogP) is 4.26. The molecule has 1 N–H and O–H groups in total. The smallest absolute Gasteiger partial charge is 0.0205 e. The van der Waals surface area contributed by atoms with Crippen molar-refractivity contribution in [3.05, 3.63) is 42.5 Å². The fourth-order valence-electron chi connectivity index (χ4n) is 3.03. The van der Waals surface area contributed by atoms with Crippen molar-refractivity contribution < 1.29 is 0 Å². The standard InChI is InChI=1S/C17H25N/c1-3-17(11-7-8-12-17)14-18-13-15(2)16-9-5-4-6-10-16/h4-6,9-10,18H,2-3,7-8,11-14H2,1H3. The Bertz CT molecular complexity index is 374. The van der Waals surface area contributed by atoms with Crippen LogP contribution in [0, 0.1) is 5.41 Å². The Kier molecular flexibility index (Phi) is 4.60. The maximum atomic E-state index is 4.18. The first-order chi connectivity index (χ1) is 8.76. The van der Waals surface area contributed by atoms with Crippen LogP contribution in [0.4, 0.5) is 0 Å². The van der Waals surface area contributed by atoms with Crippen molar-refractivity contribution in [2.45, 2.75) is 39.0 Å². The summed E-state index contributed by atoms with van der Waals surface area (Å²) in [6.07, 6.45) is 6.92. The van der Waals surface area contributed by atoms with Crippen LogP contribution in [-0.2, 0) is 0 Å². The molecule has 0 saturated heterocycles. The van der Waals surface area contributed by atoms with Crippen LogP contribution in [0.25, 0.3) is 5.57 Å². The molecule has 1 saturated carbocycles. The maximum Gasteiger partial charge on any atom is 0.0205 e. The van der Waals surface area contributed by atoms with E-state index in [1.165, 1.54) is 43.2 Å². The van der Waals surface area contributed by atoms with Gasteiger partial charge in [-0.3, -0.25) is 0 Å². The fraction of sp³-hybridized carbons (Fsp3) is 0.529. The first-order valence-electron chi connectivity index (χ1n) is 7.20. The second-order valence-electron chi connectivity index (χ2n) is 5.63. The van der Waals surface area contributed by atoms with Gasteiger partial charge < -0.3 is 5.32 Å². The van der Waals surface area contributed by atoms with Crippen molar-refractivity contribution in [2.75, 3.05) is 13.1 Å². The third kappa shape index (κ3) is 3.23. The monoisotopic (exact) mass is 243 g/mol. The van der Waals surface area contributed by atoms with E-state index < -0.39 is 0 Å². The van der Waals surface area contributed by atoms with E-state index in [1.54, 1.807) is 0 Å². The summed E-state index contributed by atoms with van der Waals surface area (Å²) in [5.74, 6) is 0. The fourth-order valence-corrected chi connectivity index (χ4v) is 3.03. The molecule has 1 aromatic carbocycles. The summed E-state index contributed by atoms with van der Waals surface area (Å²) in [6, 6.07) is 10.5. The molecule has 0 amide bonds. The Morgan fingerprint density at radius 2 is 1.89 bits per heavy atom. The molecule has 1 fully saturated rings. The van der Waals surface area contributed by atoms with Gasteiger partial charge in [-0.25, -0.2) is 0 Å². The molecule has 1 aromatic rings. The van der Waals surface area contributed by atoms with Gasteiger partial charge in [0, 0.05) is 13.1 Å². The average molecular weight is 243 g/mol. The van der Waals surface area contributed by atoms with Crippen LogP contribution in [0.2, 0.25) is 0 Å². The number of nitrogens with one attached hydrogen (secondary N) is 1. The second kappa shape index (κ2) is 6.19. The minimum absolute atomic E-state index is 0.566. The largest absolute Gasteiger partial charge is 0.312 e. The molecule has 1 nitrogen and oxygen atoms in total. The first-order valence-corrected chi connectivity index (χ1v) is 7.20. The molecule has 1 aliphatic rings. The van der Waals surface area contributed by atoms with Crippen LogP contribution in [0.1, 0.15) is 44.6 Å². The lowest BCUT2D eigenvalue weighted by Crippen LogP contribution is -2.32. The van der Waals surface area contributed by atoms with Crippen LogP contribution < -0.4 is 5.32 Å². The summed E-state index contributed by atoms with van der Waals surface area (Å²) in [7, 11) is 0. The molecule has 0 spiro atoms. The lowest BCUT2D eigenvalue weighted by atomic mass is 9.83. The Labute approximate surface area is 111 Å². The Morgan fingerprint density at radius 1 is 1.22 bits per heavy atom. The summed E-state index contributed by atoms with van der Waals surface area (Å²) < 4.78 is 0. The van der Waals surface area contributed by atoms with Crippen molar-refractivity contribution in [3.63, 3.8) is 0 Å². The van der Waals surface area contributed by atoms with Gasteiger partial charge in [-0.1, -0.05) is 56.7 Å². The van der Waals surface area contributed by atoms with Gasteiger partial charge in [0.15, 0.2) is 0 Å². The summed E-state index contributed by atoms with van der Waals surface area (Å²) in [5, 5.41) is 3.62. The zero-order valence-electron chi connectivity index (χ0n) is 11.5. The van der Waals surface area contributed by atoms with Gasteiger partial charge in [0.25, 0.3) is 0 Å². The molecule has 0 atom stereocenters. The SMILES string of the molecule is C=C(CNCC1(CC)CCCC1)c1ccccc1. The van der Waals surface area contributed by atoms with E-state index in [-0.39, 0.29) is 0 Å². The van der Waals surface area contributed by atoms with Crippen LogP contribution in [0.15, 0.2) is 36.9 Å². The molecule has 2 rings (SSSR count). The molecule has 0 aliphatic heterocycles. The topological polar surface area (TPSA) is 12.0 Å². The molecule has 18 heavy (non-hydrogen) atoms. The van der Waals surface area contributed by atoms with E-state index in [9.17, 15) is 0 Å². The molecule has 1 heteroatoms. The number of rotatable bonds is 6. The number of hydrogen-bond acceptors (Lipinski definition) is 1. The van der Waals surface area contributed by atoms with E-state index in [4.69, 9.17) is 0 Å². The summed E-state index contributed by atoms with van der Waals surface area (Å²) in [5.41, 5.74) is 3.01. The molecule has 0 aromatic heterocycles. The molecule has 0 bridgehead atoms. The zero-order valence-corrected chi connectivity index (χ0v) is 11.5. The van der Waals surface area contributed by atoms with Crippen LogP contribution in [0.3, 0.4) is 0 Å². The molecular formula is C17H25N. The van der Waals surface area contributed by atoms with Crippen LogP contribution in [-0.4, -0.2) is 13.1 Å². The summed E-state index contributed by atoms with van der Waals surface area (Å²) >= 11 is 0. The molecule has 98 valence electrons. The highest BCUT2D eigenvalue weighted by atomic mass is 14.9. The molecule has 0 radical (unpaired) electrons. The van der Waals surface area contributed by atoms with E-state index in [0.29, 0.717) is 5.41 Å². The molecular weight excluding hydrogens is 218 g/mol. The van der Waals surface area contributed by atoms with E-state index >= 15 is 0 Å². The van der Waals surface area contributed by atoms with Crippen molar-refractivity contribution in [3.8, 4) is 0 Å². The minimum atomic E-state index is 0.566. The van der Waals surface area contributed by atoms with Crippen molar-refractivity contribution in [1.82, 2.24) is 5.32 Å². The first kappa shape index (κ1) is 13.4. The van der Waals surface area contributed by atoms with Crippen LogP contribution >= 0.6 is 0 Å². The molecule has 0 unspecified atom stereocenters. The third-order valence-electron chi connectivity index (χ3n) is 4.43. The van der Waals surface area contributed by atoms with Crippen molar-refractivity contribution in [1.29, 1.82) is 0 Å². The third-order valence-corrected chi connectivity index (χ3v) is 4.43. The minimum Gasteiger partial charge on any atom is -0.312 e. The maximum absolute atomic E-state index is 4.18. The van der Waals surface area contributed by atoms with Gasteiger partial charge in [-0.2, -0.15) is 0 Å². The van der Waals surface area contributed by atoms with E-state index in [0.717, 1.165) is 13.1 Å². The zero-order chi connectivity index (χ0) is 12.8. The Morgan fingerprint density at radius 3 is 2.50 bits per heavy atom. The highest BCUT2D eigenvalue weighted by Crippen LogP contribution is 2.40. The summed E-state index contributed by atoms with van der Waals surface area (Å²) in [6.45, 7) is 8.56. The van der Waals surface area contributed by atoms with E-state index in [1.807, 2.05) is 0 Å². The highest BCUT2D eigenvalue weighted by Gasteiger charge is 2.31. The van der Waals surface area contributed by atoms with Gasteiger partial charge in [0.1, 0.15) is 0 Å². The lowest BCUT2D eigenvalue weighted by Gasteiger charge is -2.28. The van der Waals surface area contributed by atoms with Gasteiger partial charge in [-0.05, 0) is 35.8 Å². The molecule has 1 aliphatic carbocycles. The van der Waals surface area contributed by atoms with E-state index in [2.05, 4.69) is 49.2 Å². The van der Waals surface area contributed by atoms with Crippen LogP contribution in [0.5, 0.6) is 0 Å². The lowest BCUT2D eigenvalue weighted by molar-refractivity contribution is 0.273. The number of hydrogen-bond donors (Lipinski definition) is 1.